The van der Waals surface area contributed by atoms with E-state index in [0.29, 0.717) is 22.8 Å². The minimum atomic E-state index is -0.348. The summed E-state index contributed by atoms with van der Waals surface area (Å²) in [6, 6.07) is 9.96. The van der Waals surface area contributed by atoms with Crippen LogP contribution in [0.4, 0.5) is 4.39 Å². The highest BCUT2D eigenvalue weighted by molar-refractivity contribution is 9.10. The van der Waals surface area contributed by atoms with Crippen molar-refractivity contribution in [1.29, 1.82) is 0 Å². The molecule has 0 amide bonds. The van der Waals surface area contributed by atoms with Gasteiger partial charge in [-0.25, -0.2) is 4.39 Å². The third kappa shape index (κ3) is 3.95. The largest absolute Gasteiger partial charge is 0.496 e. The molecule has 112 valence electrons. The summed E-state index contributed by atoms with van der Waals surface area (Å²) in [6.07, 6.45) is 0.386. The molecular weight excluding hydrogens is 359 g/mol. The first-order chi connectivity index (χ1) is 10.0. The van der Waals surface area contributed by atoms with Crippen molar-refractivity contribution in [2.45, 2.75) is 12.5 Å². The standard InChI is InChI=1S/C15H15BrClFN2O/c1-21-15-7-10(16)3-5-12(15)14(20-19)6-9-2-4-11(17)8-13(9)18/h2-5,7-8,14,20H,6,19H2,1H3. The van der Waals surface area contributed by atoms with E-state index in [0.717, 1.165) is 10.0 Å². The summed E-state index contributed by atoms with van der Waals surface area (Å²) < 4.78 is 20.2. The van der Waals surface area contributed by atoms with Crippen LogP contribution in [0.15, 0.2) is 40.9 Å². The zero-order chi connectivity index (χ0) is 15.4. The van der Waals surface area contributed by atoms with Crippen LogP contribution < -0.4 is 16.0 Å². The Hall–Kier alpha value is -1.14. The Bertz CT molecular complexity index is 639. The normalized spacial score (nSPS) is 12.2. The molecule has 0 saturated heterocycles. The molecule has 1 atom stereocenters. The molecule has 1 unspecified atom stereocenters. The highest BCUT2D eigenvalue weighted by Gasteiger charge is 2.17. The first kappa shape index (κ1) is 16.2. The molecule has 0 radical (unpaired) electrons. The molecule has 2 aromatic carbocycles. The highest BCUT2D eigenvalue weighted by atomic mass is 79.9. The number of halogens is 3. The molecule has 21 heavy (non-hydrogen) atoms. The average Bonchev–Trinajstić information content (AvgIpc) is 2.47. The zero-order valence-corrected chi connectivity index (χ0v) is 13.7. The van der Waals surface area contributed by atoms with Gasteiger partial charge in [0.05, 0.1) is 13.2 Å². The van der Waals surface area contributed by atoms with Crippen molar-refractivity contribution in [3.8, 4) is 5.75 Å². The van der Waals surface area contributed by atoms with Gasteiger partial charge >= 0.3 is 0 Å². The van der Waals surface area contributed by atoms with Gasteiger partial charge < -0.3 is 4.74 Å². The number of nitrogens with two attached hydrogens (primary N) is 1. The van der Waals surface area contributed by atoms with Gasteiger partial charge in [0, 0.05) is 15.1 Å². The molecule has 0 bridgehead atoms. The third-order valence-corrected chi connectivity index (χ3v) is 3.94. The predicted octanol–water partition coefficient (Wildman–Crippen LogP) is 4.00. The van der Waals surface area contributed by atoms with E-state index in [1.54, 1.807) is 19.2 Å². The Labute approximate surface area is 136 Å². The van der Waals surface area contributed by atoms with Crippen LogP contribution in [0.25, 0.3) is 0 Å². The van der Waals surface area contributed by atoms with Crippen molar-refractivity contribution < 1.29 is 9.13 Å². The van der Waals surface area contributed by atoms with Crippen LogP contribution in [-0.4, -0.2) is 7.11 Å². The molecule has 0 heterocycles. The highest BCUT2D eigenvalue weighted by Crippen LogP contribution is 2.31. The molecule has 6 heteroatoms. The summed E-state index contributed by atoms with van der Waals surface area (Å²) in [5.41, 5.74) is 4.10. The smallest absolute Gasteiger partial charge is 0.127 e. The molecule has 0 saturated carbocycles. The summed E-state index contributed by atoms with van der Waals surface area (Å²) >= 11 is 9.15. The van der Waals surface area contributed by atoms with Gasteiger partial charge in [0.2, 0.25) is 0 Å². The maximum Gasteiger partial charge on any atom is 0.127 e. The lowest BCUT2D eigenvalue weighted by atomic mass is 9.98. The zero-order valence-electron chi connectivity index (χ0n) is 11.4. The summed E-state index contributed by atoms with van der Waals surface area (Å²) in [6.45, 7) is 0. The van der Waals surface area contributed by atoms with Crippen LogP contribution in [0.2, 0.25) is 5.02 Å². The van der Waals surface area contributed by atoms with Crippen LogP contribution >= 0.6 is 27.5 Å². The van der Waals surface area contributed by atoms with Crippen LogP contribution in [0, 0.1) is 5.82 Å². The molecule has 0 spiro atoms. The number of hydrogen-bond donors (Lipinski definition) is 2. The van der Waals surface area contributed by atoms with Crippen molar-refractivity contribution >= 4 is 27.5 Å². The van der Waals surface area contributed by atoms with Gasteiger partial charge in [-0.05, 0) is 36.2 Å². The van der Waals surface area contributed by atoms with E-state index >= 15 is 0 Å². The topological polar surface area (TPSA) is 47.3 Å². The fourth-order valence-electron chi connectivity index (χ4n) is 2.14. The second kappa shape index (κ2) is 7.22. The van der Waals surface area contributed by atoms with Gasteiger partial charge in [-0.2, -0.15) is 0 Å². The van der Waals surface area contributed by atoms with Crippen molar-refractivity contribution in [1.82, 2.24) is 5.43 Å². The molecule has 0 fully saturated rings. The quantitative estimate of drug-likeness (QED) is 0.615. The molecule has 2 aromatic rings. The monoisotopic (exact) mass is 372 g/mol. The molecule has 0 aliphatic heterocycles. The second-order valence-electron chi connectivity index (χ2n) is 4.55. The summed E-state index contributed by atoms with van der Waals surface area (Å²) in [4.78, 5) is 0. The molecule has 2 rings (SSSR count). The average molecular weight is 374 g/mol. The number of methoxy groups -OCH3 is 1. The Morgan fingerprint density at radius 2 is 2.10 bits per heavy atom. The molecule has 3 N–H and O–H groups in total. The van der Waals surface area contributed by atoms with E-state index in [1.165, 1.54) is 6.07 Å². The lowest BCUT2D eigenvalue weighted by Crippen LogP contribution is -2.30. The van der Waals surface area contributed by atoms with E-state index in [-0.39, 0.29) is 11.9 Å². The van der Waals surface area contributed by atoms with E-state index < -0.39 is 0 Å². The predicted molar refractivity (Wildman–Crippen MR) is 85.9 cm³/mol. The number of benzene rings is 2. The minimum Gasteiger partial charge on any atom is -0.496 e. The van der Waals surface area contributed by atoms with Crippen molar-refractivity contribution in [3.05, 3.63) is 62.8 Å². The van der Waals surface area contributed by atoms with Gasteiger partial charge in [0.15, 0.2) is 0 Å². The Morgan fingerprint density at radius 3 is 2.71 bits per heavy atom. The van der Waals surface area contributed by atoms with E-state index in [4.69, 9.17) is 22.2 Å². The number of hydrazine groups is 1. The molecular formula is C15H15BrClFN2O. The van der Waals surface area contributed by atoms with Crippen LogP contribution in [0.1, 0.15) is 17.2 Å². The summed E-state index contributed by atoms with van der Waals surface area (Å²) in [5, 5.41) is 0.370. The van der Waals surface area contributed by atoms with Crippen LogP contribution in [-0.2, 0) is 6.42 Å². The van der Waals surface area contributed by atoms with E-state index in [2.05, 4.69) is 21.4 Å². The van der Waals surface area contributed by atoms with E-state index in [9.17, 15) is 4.39 Å². The number of nitrogens with one attached hydrogen (secondary N) is 1. The molecule has 3 nitrogen and oxygen atoms in total. The van der Waals surface area contributed by atoms with Gasteiger partial charge in [-0.1, -0.05) is 39.7 Å². The Kier molecular flexibility index (Phi) is 5.58. The first-order valence-electron chi connectivity index (χ1n) is 6.28. The second-order valence-corrected chi connectivity index (χ2v) is 5.90. The van der Waals surface area contributed by atoms with Gasteiger partial charge in [-0.3, -0.25) is 11.3 Å². The van der Waals surface area contributed by atoms with Crippen LogP contribution in [0.3, 0.4) is 0 Å². The SMILES string of the molecule is COc1cc(Br)ccc1C(Cc1ccc(Cl)cc1F)NN. The maximum absolute atomic E-state index is 13.9. The van der Waals surface area contributed by atoms with Crippen molar-refractivity contribution in [2.75, 3.05) is 7.11 Å². The number of rotatable bonds is 5. The van der Waals surface area contributed by atoms with Gasteiger partial charge in [-0.15, -0.1) is 0 Å². The van der Waals surface area contributed by atoms with Crippen LogP contribution in [0.5, 0.6) is 5.75 Å². The Morgan fingerprint density at radius 1 is 1.33 bits per heavy atom. The molecule has 0 aromatic heterocycles. The van der Waals surface area contributed by atoms with Gasteiger partial charge in [0.25, 0.3) is 0 Å². The molecule has 0 aliphatic rings. The minimum absolute atomic E-state index is 0.274. The summed E-state index contributed by atoms with van der Waals surface area (Å²) in [7, 11) is 1.59. The summed E-state index contributed by atoms with van der Waals surface area (Å²) in [5.74, 6) is 5.96. The third-order valence-electron chi connectivity index (χ3n) is 3.21. The lowest BCUT2D eigenvalue weighted by Gasteiger charge is -2.20. The number of ether oxygens (including phenoxy) is 1. The fraction of sp³-hybridized carbons (Fsp3) is 0.200. The Balaban J connectivity index is 2.32. The van der Waals surface area contributed by atoms with Crippen molar-refractivity contribution in [3.63, 3.8) is 0 Å². The maximum atomic E-state index is 13.9. The van der Waals surface area contributed by atoms with Crippen molar-refractivity contribution in [2.24, 2.45) is 5.84 Å². The fourth-order valence-corrected chi connectivity index (χ4v) is 2.64. The first-order valence-corrected chi connectivity index (χ1v) is 7.45. The lowest BCUT2D eigenvalue weighted by molar-refractivity contribution is 0.398. The molecule has 0 aliphatic carbocycles. The van der Waals surface area contributed by atoms with E-state index in [1.807, 2.05) is 18.2 Å². The number of hydrogen-bond acceptors (Lipinski definition) is 3. The van der Waals surface area contributed by atoms with Gasteiger partial charge in [0.1, 0.15) is 11.6 Å².